The van der Waals surface area contributed by atoms with E-state index in [0.717, 1.165) is 17.0 Å². The molecule has 0 aromatic heterocycles. The Morgan fingerprint density at radius 1 is 1.50 bits per heavy atom. The number of benzene rings is 1. The number of amides is 1. The van der Waals surface area contributed by atoms with Crippen LogP contribution >= 0.6 is 11.8 Å². The molecule has 1 aromatic rings. The summed E-state index contributed by atoms with van der Waals surface area (Å²) >= 11 is 1.78. The molecular weight excluding hydrogens is 246 g/mol. The van der Waals surface area contributed by atoms with Gasteiger partial charge in [0.05, 0.1) is 6.54 Å². The summed E-state index contributed by atoms with van der Waals surface area (Å²) in [5.41, 5.74) is 7.98. The molecule has 3 N–H and O–H groups in total. The highest BCUT2D eigenvalue weighted by molar-refractivity contribution is 7.99. The second kappa shape index (κ2) is 7.28. The van der Waals surface area contributed by atoms with Crippen molar-refractivity contribution in [3.63, 3.8) is 0 Å². The van der Waals surface area contributed by atoms with E-state index in [9.17, 15) is 4.79 Å². The number of hydrogen-bond donors (Lipinski definition) is 2. The maximum absolute atomic E-state index is 11.4. The van der Waals surface area contributed by atoms with E-state index in [1.807, 2.05) is 24.1 Å². The van der Waals surface area contributed by atoms with Gasteiger partial charge in [-0.25, -0.2) is 0 Å². The average Bonchev–Trinajstić information content (AvgIpc) is 2.38. The number of likely N-dealkylation sites (N-methyl/N-ethyl adjacent to an activating group) is 2. The summed E-state index contributed by atoms with van der Waals surface area (Å²) in [4.78, 5) is 14.5. The summed E-state index contributed by atoms with van der Waals surface area (Å²) in [7, 11) is 3.55. The number of carbonyl (C=O) groups excluding carboxylic acids is 1. The summed E-state index contributed by atoms with van der Waals surface area (Å²) in [5.74, 6) is 1.00. The van der Waals surface area contributed by atoms with Crippen LogP contribution in [0, 0.1) is 0 Å². The lowest BCUT2D eigenvalue weighted by Crippen LogP contribution is -2.33. The standard InChI is InChI=1S/C13H21N3OS/c1-4-18-12-7-5-6-11(10(12)8-14)16(3)9-13(17)15-2/h5-7H,4,8-9,14H2,1-3H3,(H,15,17). The van der Waals surface area contributed by atoms with Gasteiger partial charge in [0.15, 0.2) is 0 Å². The van der Waals surface area contributed by atoms with Crippen molar-refractivity contribution >= 4 is 23.4 Å². The third kappa shape index (κ3) is 3.65. The van der Waals surface area contributed by atoms with Crippen LogP contribution in [0.15, 0.2) is 23.1 Å². The molecule has 0 spiro atoms. The summed E-state index contributed by atoms with van der Waals surface area (Å²) in [6.45, 7) is 2.94. The van der Waals surface area contributed by atoms with Gasteiger partial charge in [0.2, 0.25) is 5.91 Å². The molecule has 0 aliphatic carbocycles. The number of thioether (sulfide) groups is 1. The van der Waals surface area contributed by atoms with E-state index in [4.69, 9.17) is 5.73 Å². The molecule has 1 aromatic carbocycles. The lowest BCUT2D eigenvalue weighted by atomic mass is 10.1. The van der Waals surface area contributed by atoms with Crippen molar-refractivity contribution in [2.75, 3.05) is 31.3 Å². The molecule has 1 amide bonds. The van der Waals surface area contributed by atoms with Crippen LogP contribution in [0.5, 0.6) is 0 Å². The van der Waals surface area contributed by atoms with E-state index in [0.29, 0.717) is 13.1 Å². The zero-order valence-corrected chi connectivity index (χ0v) is 12.0. The minimum Gasteiger partial charge on any atom is -0.365 e. The third-order valence-electron chi connectivity index (χ3n) is 2.68. The predicted octanol–water partition coefficient (Wildman–Crippen LogP) is 1.44. The monoisotopic (exact) mass is 267 g/mol. The zero-order chi connectivity index (χ0) is 13.5. The number of nitrogens with two attached hydrogens (primary N) is 1. The molecule has 0 atom stereocenters. The van der Waals surface area contributed by atoms with Crippen molar-refractivity contribution in [1.82, 2.24) is 5.32 Å². The smallest absolute Gasteiger partial charge is 0.239 e. The van der Waals surface area contributed by atoms with Crippen LogP contribution in [0.25, 0.3) is 0 Å². The molecule has 0 aliphatic heterocycles. The van der Waals surface area contributed by atoms with Crippen LogP contribution in [-0.4, -0.2) is 32.3 Å². The first-order valence-electron chi connectivity index (χ1n) is 6.00. The fourth-order valence-electron chi connectivity index (χ4n) is 1.79. The highest BCUT2D eigenvalue weighted by Crippen LogP contribution is 2.29. The second-order valence-corrected chi connectivity index (χ2v) is 5.23. The normalized spacial score (nSPS) is 10.2. The van der Waals surface area contributed by atoms with Crippen LogP contribution in [-0.2, 0) is 11.3 Å². The Kier molecular flexibility index (Phi) is 6.01. The SMILES string of the molecule is CCSc1cccc(N(C)CC(=O)NC)c1CN. The minimum absolute atomic E-state index is 0.00554. The van der Waals surface area contributed by atoms with Crippen LogP contribution in [0.1, 0.15) is 12.5 Å². The maximum atomic E-state index is 11.4. The quantitative estimate of drug-likeness (QED) is 0.766. The first-order chi connectivity index (χ1) is 8.63. The molecule has 0 fully saturated rings. The van der Waals surface area contributed by atoms with E-state index in [1.165, 1.54) is 4.90 Å². The molecule has 0 radical (unpaired) electrons. The van der Waals surface area contributed by atoms with Gasteiger partial charge in [0.25, 0.3) is 0 Å². The van der Waals surface area contributed by atoms with Crippen LogP contribution in [0.4, 0.5) is 5.69 Å². The number of rotatable bonds is 6. The molecule has 5 heteroatoms. The maximum Gasteiger partial charge on any atom is 0.239 e. The minimum atomic E-state index is -0.00554. The van der Waals surface area contributed by atoms with E-state index in [-0.39, 0.29) is 5.91 Å². The average molecular weight is 267 g/mol. The Morgan fingerprint density at radius 3 is 2.78 bits per heavy atom. The Balaban J connectivity index is 2.99. The van der Waals surface area contributed by atoms with Crippen molar-refractivity contribution in [3.8, 4) is 0 Å². The number of nitrogens with zero attached hydrogens (tertiary/aromatic N) is 1. The largest absolute Gasteiger partial charge is 0.365 e. The first kappa shape index (κ1) is 14.9. The van der Waals surface area contributed by atoms with Crippen LogP contribution in [0.3, 0.4) is 0 Å². The molecule has 0 unspecified atom stereocenters. The Morgan fingerprint density at radius 2 is 2.22 bits per heavy atom. The van der Waals surface area contributed by atoms with Gasteiger partial charge in [0.1, 0.15) is 0 Å². The van der Waals surface area contributed by atoms with E-state index in [2.05, 4.69) is 18.3 Å². The summed E-state index contributed by atoms with van der Waals surface area (Å²) in [6.07, 6.45) is 0. The van der Waals surface area contributed by atoms with E-state index in [1.54, 1.807) is 18.8 Å². The molecule has 18 heavy (non-hydrogen) atoms. The van der Waals surface area contributed by atoms with Gasteiger partial charge in [0, 0.05) is 36.8 Å². The van der Waals surface area contributed by atoms with Gasteiger partial charge in [-0.05, 0) is 17.9 Å². The van der Waals surface area contributed by atoms with E-state index < -0.39 is 0 Å². The third-order valence-corrected chi connectivity index (χ3v) is 3.67. The Bertz CT molecular complexity index is 409. The molecule has 1 rings (SSSR count). The number of anilines is 1. The van der Waals surface area contributed by atoms with Crippen LogP contribution < -0.4 is 16.0 Å². The van der Waals surface area contributed by atoms with Gasteiger partial charge >= 0.3 is 0 Å². The van der Waals surface area contributed by atoms with Crippen molar-refractivity contribution in [2.45, 2.75) is 18.4 Å². The molecule has 0 aliphatic rings. The van der Waals surface area contributed by atoms with Crippen molar-refractivity contribution in [1.29, 1.82) is 0 Å². The number of carbonyl (C=O) groups is 1. The van der Waals surface area contributed by atoms with Crippen molar-refractivity contribution < 1.29 is 4.79 Å². The van der Waals surface area contributed by atoms with Gasteiger partial charge in [-0.3, -0.25) is 4.79 Å². The lowest BCUT2D eigenvalue weighted by molar-refractivity contribution is -0.119. The van der Waals surface area contributed by atoms with Gasteiger partial charge in [-0.15, -0.1) is 11.8 Å². The topological polar surface area (TPSA) is 58.4 Å². The summed E-state index contributed by atoms with van der Waals surface area (Å²) < 4.78 is 0. The summed E-state index contributed by atoms with van der Waals surface area (Å²) in [6, 6.07) is 6.09. The molecular formula is C13H21N3OS. The molecule has 0 saturated heterocycles. The highest BCUT2D eigenvalue weighted by Gasteiger charge is 2.12. The fraction of sp³-hybridized carbons (Fsp3) is 0.462. The molecule has 100 valence electrons. The summed E-state index contributed by atoms with van der Waals surface area (Å²) in [5, 5.41) is 2.63. The number of nitrogens with one attached hydrogen (secondary N) is 1. The zero-order valence-electron chi connectivity index (χ0n) is 11.2. The molecule has 0 heterocycles. The molecule has 0 saturated carbocycles. The van der Waals surface area contributed by atoms with Crippen LogP contribution in [0.2, 0.25) is 0 Å². The molecule has 4 nitrogen and oxygen atoms in total. The van der Waals surface area contributed by atoms with Crippen molar-refractivity contribution in [3.05, 3.63) is 23.8 Å². The van der Waals surface area contributed by atoms with Gasteiger partial charge < -0.3 is 16.0 Å². The number of hydrogen-bond acceptors (Lipinski definition) is 4. The fourth-order valence-corrected chi connectivity index (χ4v) is 2.64. The second-order valence-electron chi connectivity index (χ2n) is 3.92. The Labute approximate surface area is 113 Å². The van der Waals surface area contributed by atoms with Gasteiger partial charge in [-0.2, -0.15) is 0 Å². The first-order valence-corrected chi connectivity index (χ1v) is 6.99. The highest BCUT2D eigenvalue weighted by atomic mass is 32.2. The van der Waals surface area contributed by atoms with E-state index >= 15 is 0 Å². The van der Waals surface area contributed by atoms with Gasteiger partial charge in [-0.1, -0.05) is 13.0 Å². The Hall–Kier alpha value is -1.20. The lowest BCUT2D eigenvalue weighted by Gasteiger charge is -2.22. The molecule has 0 bridgehead atoms. The predicted molar refractivity (Wildman–Crippen MR) is 78.1 cm³/mol. The van der Waals surface area contributed by atoms with Crippen molar-refractivity contribution in [2.24, 2.45) is 5.73 Å².